The number of aliphatic hydroxyl groups excluding tert-OH is 1. The molecular weight excluding hydrogens is 717 g/mol. The molecule has 0 aromatic heterocycles. The number of unbranched alkanes of at least 4 members (excludes halogenated alkanes) is 13. The van der Waals surface area contributed by atoms with Crippen molar-refractivity contribution in [2.75, 3.05) is 47.5 Å². The highest BCUT2D eigenvalue weighted by Gasteiger charge is 2.21. The van der Waals surface area contributed by atoms with Crippen LogP contribution in [0.4, 0.5) is 0 Å². The second kappa shape index (κ2) is 36.0. The van der Waals surface area contributed by atoms with E-state index < -0.39 is 38.6 Å². The molecule has 0 rings (SSSR count). The van der Waals surface area contributed by atoms with E-state index >= 15 is 0 Å². The van der Waals surface area contributed by atoms with Crippen molar-refractivity contribution in [1.29, 1.82) is 0 Å². The number of carbonyl (C=O) groups is 2. The van der Waals surface area contributed by atoms with Crippen molar-refractivity contribution in [1.82, 2.24) is 0 Å². The molecule has 0 heterocycles. The molecule has 318 valence electrons. The molecule has 1 N–H and O–H groups in total. The first-order valence-electron chi connectivity index (χ1n) is 21.1. The topological polar surface area (TPSA) is 131 Å². The fourth-order valence-corrected chi connectivity index (χ4v) is 5.92. The van der Waals surface area contributed by atoms with Gasteiger partial charge in [0.25, 0.3) is 7.82 Å². The van der Waals surface area contributed by atoms with Crippen molar-refractivity contribution < 1.29 is 47.2 Å². The molecule has 2 unspecified atom stereocenters. The van der Waals surface area contributed by atoms with Gasteiger partial charge in [0.1, 0.15) is 19.8 Å². The first-order chi connectivity index (χ1) is 26.4. The summed E-state index contributed by atoms with van der Waals surface area (Å²) in [7, 11) is 1.06. The van der Waals surface area contributed by atoms with Crippen molar-refractivity contribution in [3.8, 4) is 0 Å². The molecule has 3 atom stereocenters. The SMILES string of the molecule is CCCCC/C=C\C/C=C\CC(O)/C=C\C=C\CCCC(=O)O[C@H](COC(=O)CCCCCCC/C=C\CCCCCC)COP(=O)([O-])OCC[N+](C)(C)C. The molecule has 11 heteroatoms. The quantitative estimate of drug-likeness (QED) is 0.0163. The molecular formula is C44H78NO9P. The largest absolute Gasteiger partial charge is 0.756 e. The maximum atomic E-state index is 12.6. The lowest BCUT2D eigenvalue weighted by Crippen LogP contribution is -2.37. The molecule has 0 aromatic rings. The lowest BCUT2D eigenvalue weighted by atomic mass is 10.1. The molecule has 55 heavy (non-hydrogen) atoms. The van der Waals surface area contributed by atoms with E-state index in [0.29, 0.717) is 36.7 Å². The second-order valence-corrected chi connectivity index (χ2v) is 16.6. The van der Waals surface area contributed by atoms with Crippen LogP contribution in [-0.2, 0) is 32.7 Å². The van der Waals surface area contributed by atoms with Gasteiger partial charge in [0.15, 0.2) is 6.10 Å². The summed E-state index contributed by atoms with van der Waals surface area (Å²) >= 11 is 0. The van der Waals surface area contributed by atoms with Gasteiger partial charge < -0.3 is 33.0 Å². The Labute approximate surface area is 335 Å². The van der Waals surface area contributed by atoms with E-state index in [2.05, 4.69) is 44.2 Å². The maximum Gasteiger partial charge on any atom is 0.306 e. The van der Waals surface area contributed by atoms with E-state index in [9.17, 15) is 24.2 Å². The number of hydrogen-bond donors (Lipinski definition) is 1. The highest BCUT2D eigenvalue weighted by Crippen LogP contribution is 2.38. The van der Waals surface area contributed by atoms with Gasteiger partial charge >= 0.3 is 11.9 Å². The van der Waals surface area contributed by atoms with E-state index in [1.807, 2.05) is 39.4 Å². The normalized spacial score (nSPS) is 14.8. The average Bonchev–Trinajstić information content (AvgIpc) is 3.12. The summed E-state index contributed by atoms with van der Waals surface area (Å²) in [5.74, 6) is -0.981. The van der Waals surface area contributed by atoms with Crippen LogP contribution in [0.5, 0.6) is 0 Å². The number of phosphoric acid groups is 1. The Balaban J connectivity index is 4.61. The van der Waals surface area contributed by atoms with Crippen LogP contribution < -0.4 is 4.89 Å². The van der Waals surface area contributed by atoms with Crippen molar-refractivity contribution in [3.05, 3.63) is 60.8 Å². The zero-order chi connectivity index (χ0) is 40.9. The van der Waals surface area contributed by atoms with Crippen molar-refractivity contribution in [2.24, 2.45) is 0 Å². The summed E-state index contributed by atoms with van der Waals surface area (Å²) in [4.78, 5) is 37.4. The van der Waals surface area contributed by atoms with E-state index in [-0.39, 0.29) is 26.1 Å². The smallest absolute Gasteiger partial charge is 0.306 e. The third-order valence-corrected chi connectivity index (χ3v) is 9.55. The first-order valence-corrected chi connectivity index (χ1v) is 22.6. The minimum Gasteiger partial charge on any atom is -0.756 e. The van der Waals surface area contributed by atoms with Gasteiger partial charge in [0.05, 0.1) is 33.9 Å². The molecule has 0 saturated heterocycles. The van der Waals surface area contributed by atoms with Gasteiger partial charge in [-0.1, -0.05) is 126 Å². The fraction of sp³-hybridized carbons (Fsp3) is 0.727. The Bertz CT molecular complexity index is 1140. The molecule has 0 aliphatic heterocycles. The van der Waals surface area contributed by atoms with Crippen LogP contribution in [0.1, 0.15) is 149 Å². The molecule has 0 spiro atoms. The second-order valence-electron chi connectivity index (χ2n) is 15.2. The zero-order valence-corrected chi connectivity index (χ0v) is 36.1. The third-order valence-electron chi connectivity index (χ3n) is 8.59. The Morgan fingerprint density at radius 2 is 1.24 bits per heavy atom. The molecule has 0 aliphatic carbocycles. The van der Waals surface area contributed by atoms with Crippen molar-refractivity contribution in [3.63, 3.8) is 0 Å². The van der Waals surface area contributed by atoms with Gasteiger partial charge in [0.2, 0.25) is 0 Å². The summed E-state index contributed by atoms with van der Waals surface area (Å²) in [6.45, 7) is 3.98. The number of nitrogens with zero attached hydrogens (tertiary/aromatic N) is 1. The number of allylic oxidation sites excluding steroid dienone is 8. The highest BCUT2D eigenvalue weighted by atomic mass is 31.2. The molecule has 0 aliphatic rings. The van der Waals surface area contributed by atoms with Crippen LogP contribution in [0.15, 0.2) is 60.8 Å². The molecule has 0 amide bonds. The van der Waals surface area contributed by atoms with Crippen LogP contribution in [0.2, 0.25) is 0 Å². The molecule has 0 radical (unpaired) electrons. The predicted molar refractivity (Wildman–Crippen MR) is 223 cm³/mol. The number of ether oxygens (including phenoxy) is 2. The lowest BCUT2D eigenvalue weighted by molar-refractivity contribution is -0.870. The van der Waals surface area contributed by atoms with E-state index in [1.165, 1.54) is 44.9 Å². The average molecular weight is 796 g/mol. The highest BCUT2D eigenvalue weighted by molar-refractivity contribution is 7.45. The molecule has 10 nitrogen and oxygen atoms in total. The van der Waals surface area contributed by atoms with Gasteiger partial charge in [-0.25, -0.2) is 0 Å². The molecule has 0 fully saturated rings. The van der Waals surface area contributed by atoms with Crippen LogP contribution in [-0.4, -0.2) is 81.2 Å². The number of hydrogen-bond acceptors (Lipinski definition) is 9. The summed E-state index contributed by atoms with van der Waals surface area (Å²) < 4.78 is 33.7. The van der Waals surface area contributed by atoms with Gasteiger partial charge in [-0.15, -0.1) is 0 Å². The first kappa shape index (κ1) is 52.7. The van der Waals surface area contributed by atoms with Crippen molar-refractivity contribution >= 4 is 19.8 Å². The van der Waals surface area contributed by atoms with Gasteiger partial charge in [-0.2, -0.15) is 0 Å². The van der Waals surface area contributed by atoms with Crippen LogP contribution in [0, 0.1) is 0 Å². The Kier molecular flexibility index (Phi) is 34.5. The third kappa shape index (κ3) is 39.7. The Morgan fingerprint density at radius 1 is 0.673 bits per heavy atom. The standard InChI is InChI=1S/C44H78NO9P/c1-6-8-10-12-14-16-17-18-19-21-23-27-31-35-43(47)51-39-42(40-53-55(49,50)52-38-37-45(3,4)5)54-44(48)36-32-28-24-26-30-34-41(46)33-29-25-22-20-15-13-11-9-7-2/h15-17,20,24-26,29-30,34,41-42,46H,6-14,18-19,21-23,27-28,31-33,35-40H2,1-5H3/b17-16-,20-15-,26-24+,29-25-,34-30-/t41?,42-/m1/s1. The number of carbonyl (C=O) groups excluding carboxylic acids is 2. The maximum absolute atomic E-state index is 12.6. The monoisotopic (exact) mass is 796 g/mol. The van der Waals surface area contributed by atoms with E-state index in [0.717, 1.165) is 51.4 Å². The summed E-state index contributed by atoms with van der Waals surface area (Å²) in [5, 5.41) is 10.1. The van der Waals surface area contributed by atoms with Crippen LogP contribution in [0.3, 0.4) is 0 Å². The molecule has 0 aromatic carbocycles. The van der Waals surface area contributed by atoms with Gasteiger partial charge in [-0.05, 0) is 70.6 Å². The summed E-state index contributed by atoms with van der Waals surface area (Å²) in [5.41, 5.74) is 0. The van der Waals surface area contributed by atoms with Gasteiger partial charge in [0, 0.05) is 12.8 Å². The Morgan fingerprint density at radius 3 is 1.93 bits per heavy atom. The minimum atomic E-state index is -4.66. The number of esters is 2. The molecule has 0 saturated carbocycles. The zero-order valence-electron chi connectivity index (χ0n) is 35.2. The van der Waals surface area contributed by atoms with Gasteiger partial charge in [-0.3, -0.25) is 14.2 Å². The number of aliphatic hydroxyl groups is 1. The fourth-order valence-electron chi connectivity index (χ4n) is 5.19. The minimum absolute atomic E-state index is 0.0601. The number of rotatable bonds is 37. The Hall–Kier alpha value is -2.33. The number of likely N-dealkylation sites (N-methyl/N-ethyl adjacent to an activating group) is 1. The summed E-state index contributed by atoms with van der Waals surface area (Å²) in [6, 6.07) is 0. The van der Waals surface area contributed by atoms with E-state index in [4.69, 9.17) is 18.5 Å². The van der Waals surface area contributed by atoms with Crippen LogP contribution >= 0.6 is 7.82 Å². The molecule has 0 bridgehead atoms. The van der Waals surface area contributed by atoms with Crippen LogP contribution in [0.25, 0.3) is 0 Å². The van der Waals surface area contributed by atoms with Crippen molar-refractivity contribution in [2.45, 2.75) is 161 Å². The van der Waals surface area contributed by atoms with E-state index in [1.54, 1.807) is 12.2 Å². The lowest BCUT2D eigenvalue weighted by Gasteiger charge is -2.28. The summed E-state index contributed by atoms with van der Waals surface area (Å²) in [6.07, 6.45) is 38.5. The number of quaternary nitrogens is 1. The number of phosphoric ester groups is 1. The predicted octanol–water partition coefficient (Wildman–Crippen LogP) is 10.0.